The molecule has 4 nitrogen and oxygen atoms in total. The number of amides is 1. The first kappa shape index (κ1) is 33.8. The van der Waals surface area contributed by atoms with Gasteiger partial charge in [0.15, 0.2) is 18.9 Å². The first-order valence-corrected chi connectivity index (χ1v) is 15.3. The van der Waals surface area contributed by atoms with Crippen molar-refractivity contribution in [1.82, 2.24) is 0 Å². The number of ether oxygens (including phenoxy) is 1. The molecule has 3 rings (SSSR count). The molecule has 218 valence electrons. The van der Waals surface area contributed by atoms with E-state index in [0.717, 1.165) is 29.0 Å². The molecule has 0 aliphatic heterocycles. The SMILES string of the molecule is CCCCCCCCCCCCCCOc1ccc(CC(=O)Nc2ccccc2C[n+]2ccccc2)c(Cl)c1.[Br-]. The van der Waals surface area contributed by atoms with Crippen LogP contribution >= 0.6 is 11.6 Å². The molecule has 40 heavy (non-hydrogen) atoms. The Bertz CT molecular complexity index is 1110. The second kappa shape index (κ2) is 20.5. The number of anilines is 1. The Kier molecular flexibility index (Phi) is 17.3. The van der Waals surface area contributed by atoms with E-state index in [2.05, 4.69) is 16.8 Å². The van der Waals surface area contributed by atoms with Crippen LogP contribution in [0, 0.1) is 0 Å². The van der Waals surface area contributed by atoms with E-state index < -0.39 is 0 Å². The van der Waals surface area contributed by atoms with Crippen molar-refractivity contribution in [2.75, 3.05) is 11.9 Å². The van der Waals surface area contributed by atoms with Crippen LogP contribution in [-0.4, -0.2) is 12.5 Å². The lowest BCUT2D eigenvalue weighted by molar-refractivity contribution is -0.688. The molecule has 2 aromatic carbocycles. The Morgan fingerprint density at radius 1 is 0.775 bits per heavy atom. The van der Waals surface area contributed by atoms with Crippen LogP contribution in [0.15, 0.2) is 73.1 Å². The lowest BCUT2D eigenvalue weighted by Gasteiger charge is -2.11. The lowest BCUT2D eigenvalue weighted by atomic mass is 10.1. The van der Waals surface area contributed by atoms with Gasteiger partial charge in [0.25, 0.3) is 0 Å². The van der Waals surface area contributed by atoms with Crippen LogP contribution in [0.25, 0.3) is 0 Å². The van der Waals surface area contributed by atoms with E-state index in [0.29, 0.717) is 18.2 Å². The molecule has 1 heterocycles. The van der Waals surface area contributed by atoms with Crippen molar-refractivity contribution in [2.45, 2.75) is 96.9 Å². The third-order valence-corrected chi connectivity index (χ3v) is 7.42. The maximum atomic E-state index is 12.8. The minimum absolute atomic E-state index is 0. The number of benzene rings is 2. The highest BCUT2D eigenvalue weighted by Gasteiger charge is 2.13. The lowest BCUT2D eigenvalue weighted by Crippen LogP contribution is -3.00. The molecule has 0 fully saturated rings. The monoisotopic (exact) mass is 628 g/mol. The van der Waals surface area contributed by atoms with Gasteiger partial charge in [-0.15, -0.1) is 0 Å². The Morgan fingerprint density at radius 3 is 2.05 bits per heavy atom. The molecule has 0 bridgehead atoms. The summed E-state index contributed by atoms with van der Waals surface area (Å²) in [5.41, 5.74) is 2.66. The van der Waals surface area contributed by atoms with E-state index in [4.69, 9.17) is 16.3 Å². The molecule has 0 spiro atoms. The van der Waals surface area contributed by atoms with Crippen molar-refractivity contribution in [3.63, 3.8) is 0 Å². The van der Waals surface area contributed by atoms with E-state index in [1.807, 2.05) is 73.1 Å². The molecule has 0 radical (unpaired) electrons. The molecule has 0 aliphatic rings. The number of para-hydroxylation sites is 1. The predicted molar refractivity (Wildman–Crippen MR) is 163 cm³/mol. The fraction of sp³-hybridized carbons (Fsp3) is 0.471. The highest BCUT2D eigenvalue weighted by atomic mass is 79.9. The zero-order valence-corrected chi connectivity index (χ0v) is 26.4. The molecule has 0 saturated carbocycles. The number of nitrogens with zero attached hydrogens (tertiary/aromatic N) is 1. The summed E-state index contributed by atoms with van der Waals surface area (Å²) < 4.78 is 8.00. The number of hydrogen-bond donors (Lipinski definition) is 1. The first-order chi connectivity index (χ1) is 19.2. The third-order valence-electron chi connectivity index (χ3n) is 7.06. The standard InChI is InChI=1S/C34H45ClN2O2.BrH/c1-2-3-4-5-6-7-8-9-10-11-12-18-25-39-31-22-21-29(32(35)27-31)26-34(38)36-33-20-15-14-19-30(33)28-37-23-16-13-17-24-37;/h13-17,19-24,27H,2-12,18,25-26,28H2,1H3;1H. The van der Waals surface area contributed by atoms with E-state index >= 15 is 0 Å². The number of unbranched alkanes of at least 4 members (excludes halogenated alkanes) is 11. The summed E-state index contributed by atoms with van der Waals surface area (Å²) in [6, 6.07) is 19.5. The van der Waals surface area contributed by atoms with Gasteiger partial charge in [-0.2, -0.15) is 0 Å². The smallest absolute Gasteiger partial charge is 0.228 e. The zero-order chi connectivity index (χ0) is 27.5. The molecule has 1 N–H and O–H groups in total. The molecule has 6 heteroatoms. The van der Waals surface area contributed by atoms with Gasteiger partial charge in [-0.25, -0.2) is 4.57 Å². The number of carbonyl (C=O) groups is 1. The van der Waals surface area contributed by atoms with Crippen molar-refractivity contribution in [2.24, 2.45) is 0 Å². The summed E-state index contributed by atoms with van der Waals surface area (Å²) in [7, 11) is 0. The largest absolute Gasteiger partial charge is 1.00 e. The van der Waals surface area contributed by atoms with Crippen LogP contribution < -0.4 is 31.6 Å². The first-order valence-electron chi connectivity index (χ1n) is 14.9. The highest BCUT2D eigenvalue weighted by molar-refractivity contribution is 6.31. The van der Waals surface area contributed by atoms with Gasteiger partial charge in [-0.1, -0.05) is 119 Å². The zero-order valence-electron chi connectivity index (χ0n) is 24.1. The van der Waals surface area contributed by atoms with Crippen LogP contribution in [0.4, 0.5) is 5.69 Å². The molecular formula is C34H46BrClN2O2. The van der Waals surface area contributed by atoms with Crippen LogP contribution in [0.3, 0.4) is 0 Å². The number of nitrogens with one attached hydrogen (secondary N) is 1. The number of rotatable bonds is 19. The van der Waals surface area contributed by atoms with Crippen molar-refractivity contribution < 1.29 is 31.1 Å². The Morgan fingerprint density at radius 2 is 1.40 bits per heavy atom. The fourth-order valence-electron chi connectivity index (χ4n) is 4.78. The van der Waals surface area contributed by atoms with Gasteiger partial charge >= 0.3 is 0 Å². The molecule has 1 amide bonds. The van der Waals surface area contributed by atoms with Crippen LogP contribution in [-0.2, 0) is 17.8 Å². The Balaban J connectivity index is 0.00000560. The van der Waals surface area contributed by atoms with Crippen LogP contribution in [0.5, 0.6) is 5.75 Å². The van der Waals surface area contributed by atoms with Crippen LogP contribution in [0.1, 0.15) is 95.1 Å². The number of pyridine rings is 1. The maximum Gasteiger partial charge on any atom is 0.228 e. The van der Waals surface area contributed by atoms with Crippen molar-refractivity contribution in [3.05, 3.63) is 89.2 Å². The minimum Gasteiger partial charge on any atom is -1.00 e. The average molecular weight is 630 g/mol. The normalized spacial score (nSPS) is 10.7. The fourth-order valence-corrected chi connectivity index (χ4v) is 5.02. The average Bonchev–Trinajstić information content (AvgIpc) is 2.94. The van der Waals surface area contributed by atoms with E-state index in [1.54, 1.807) is 0 Å². The molecule has 3 aromatic rings. The van der Waals surface area contributed by atoms with Gasteiger partial charge in [0.05, 0.1) is 18.7 Å². The predicted octanol–water partition coefficient (Wildman–Crippen LogP) is 5.94. The van der Waals surface area contributed by atoms with E-state index in [-0.39, 0.29) is 29.3 Å². The Hall–Kier alpha value is -2.37. The van der Waals surface area contributed by atoms with Gasteiger partial charge in [0.1, 0.15) is 5.75 Å². The summed E-state index contributed by atoms with van der Waals surface area (Å²) in [6.07, 6.45) is 20.2. The number of aromatic nitrogens is 1. The molecule has 1 aromatic heterocycles. The van der Waals surface area contributed by atoms with Crippen molar-refractivity contribution in [1.29, 1.82) is 0 Å². The highest BCUT2D eigenvalue weighted by Crippen LogP contribution is 2.24. The maximum absolute atomic E-state index is 12.8. The second-order valence-electron chi connectivity index (χ2n) is 10.4. The molecule has 0 aliphatic carbocycles. The number of carbonyl (C=O) groups excluding carboxylic acids is 1. The van der Waals surface area contributed by atoms with Crippen molar-refractivity contribution >= 4 is 23.2 Å². The van der Waals surface area contributed by atoms with E-state index in [1.165, 1.54) is 70.6 Å². The summed E-state index contributed by atoms with van der Waals surface area (Å²) in [6.45, 7) is 3.65. The summed E-state index contributed by atoms with van der Waals surface area (Å²) in [5, 5.41) is 3.62. The topological polar surface area (TPSA) is 42.2 Å². The molecule has 0 unspecified atom stereocenters. The third kappa shape index (κ3) is 13.3. The van der Waals surface area contributed by atoms with Gasteiger partial charge in [0, 0.05) is 22.7 Å². The Labute approximate surface area is 257 Å². The molecule has 0 atom stereocenters. The quantitative estimate of drug-likeness (QED) is 0.132. The van der Waals surface area contributed by atoms with Gasteiger partial charge in [-0.05, 0) is 30.2 Å². The minimum atomic E-state index is -0.0902. The van der Waals surface area contributed by atoms with E-state index in [9.17, 15) is 4.79 Å². The van der Waals surface area contributed by atoms with Gasteiger partial charge in [-0.3, -0.25) is 4.79 Å². The second-order valence-corrected chi connectivity index (χ2v) is 10.8. The molecular weight excluding hydrogens is 584 g/mol. The molecule has 0 saturated heterocycles. The number of hydrogen-bond acceptors (Lipinski definition) is 2. The van der Waals surface area contributed by atoms with Gasteiger partial charge in [0.2, 0.25) is 5.91 Å². The van der Waals surface area contributed by atoms with Gasteiger partial charge < -0.3 is 27.0 Å². The summed E-state index contributed by atoms with van der Waals surface area (Å²) in [4.78, 5) is 12.8. The summed E-state index contributed by atoms with van der Waals surface area (Å²) in [5.74, 6) is 0.671. The van der Waals surface area contributed by atoms with Crippen LogP contribution in [0.2, 0.25) is 5.02 Å². The van der Waals surface area contributed by atoms with Crippen molar-refractivity contribution in [3.8, 4) is 5.75 Å². The summed E-state index contributed by atoms with van der Waals surface area (Å²) >= 11 is 6.51. The number of halogens is 2.